The Morgan fingerprint density at radius 1 is 1.00 bits per heavy atom. The first kappa shape index (κ1) is 18.3. The number of hydrogen-bond donors (Lipinski definition) is 1. The molecule has 1 N–H and O–H groups in total. The highest BCUT2D eigenvalue weighted by atomic mass is 16.3. The van der Waals surface area contributed by atoms with E-state index in [0.29, 0.717) is 25.3 Å². The van der Waals surface area contributed by atoms with Crippen LogP contribution in [-0.4, -0.2) is 42.1 Å². The van der Waals surface area contributed by atoms with E-state index < -0.39 is 0 Å². The number of aliphatic hydroxyl groups excluding tert-OH is 1. The summed E-state index contributed by atoms with van der Waals surface area (Å²) in [5.74, 6) is -0.0831. The highest BCUT2D eigenvalue weighted by Gasteiger charge is 2.30. The van der Waals surface area contributed by atoms with Crippen LogP contribution in [0.1, 0.15) is 21.7 Å². The molecule has 1 aliphatic heterocycles. The van der Waals surface area contributed by atoms with Gasteiger partial charge < -0.3 is 10.0 Å². The van der Waals surface area contributed by atoms with E-state index in [2.05, 4.69) is 5.10 Å². The summed E-state index contributed by atoms with van der Waals surface area (Å²) in [7, 11) is 0. The molecule has 4 aromatic rings. The van der Waals surface area contributed by atoms with Crippen LogP contribution in [0.15, 0.2) is 72.9 Å². The van der Waals surface area contributed by atoms with Gasteiger partial charge in [-0.15, -0.1) is 0 Å². The third kappa shape index (κ3) is 3.19. The molecule has 0 saturated carbocycles. The molecule has 0 atom stereocenters. The van der Waals surface area contributed by atoms with Crippen molar-refractivity contribution in [2.24, 2.45) is 0 Å². The Balaban J connectivity index is 1.52. The van der Waals surface area contributed by atoms with Gasteiger partial charge in [-0.3, -0.25) is 9.48 Å². The Bertz CT molecular complexity index is 1180. The number of carbonyl (C=O) groups is 1. The van der Waals surface area contributed by atoms with E-state index in [1.54, 1.807) is 20.5 Å². The molecule has 5 rings (SSSR count). The van der Waals surface area contributed by atoms with E-state index in [4.69, 9.17) is 5.10 Å². The molecular formula is C23H21N5O2. The molecule has 0 unspecified atom stereocenters. The molecule has 0 radical (unpaired) electrons. The smallest absolute Gasteiger partial charge is 0.273 e. The van der Waals surface area contributed by atoms with E-state index in [1.807, 2.05) is 66.7 Å². The molecule has 1 aliphatic rings. The third-order valence-corrected chi connectivity index (χ3v) is 5.33. The molecule has 0 bridgehead atoms. The lowest BCUT2D eigenvalue weighted by molar-refractivity contribution is 0.0738. The highest BCUT2D eigenvalue weighted by molar-refractivity contribution is 5.94. The number of nitrogens with zero attached hydrogens (tertiary/aromatic N) is 5. The van der Waals surface area contributed by atoms with Gasteiger partial charge in [-0.1, -0.05) is 48.5 Å². The molecule has 7 nitrogen and oxygen atoms in total. The van der Waals surface area contributed by atoms with Gasteiger partial charge in [-0.2, -0.15) is 10.2 Å². The van der Waals surface area contributed by atoms with Gasteiger partial charge >= 0.3 is 0 Å². The fraction of sp³-hybridized carbons (Fsp3) is 0.174. The van der Waals surface area contributed by atoms with Gasteiger partial charge in [0.15, 0.2) is 0 Å². The second kappa shape index (κ2) is 7.61. The zero-order chi connectivity index (χ0) is 20.5. The predicted octanol–water partition coefficient (Wildman–Crippen LogP) is 2.88. The summed E-state index contributed by atoms with van der Waals surface area (Å²) in [6.07, 6.45) is 1.78. The first-order chi connectivity index (χ1) is 14.7. The second-order valence-corrected chi connectivity index (χ2v) is 7.25. The Morgan fingerprint density at radius 3 is 2.47 bits per heavy atom. The van der Waals surface area contributed by atoms with Gasteiger partial charge in [0.1, 0.15) is 5.69 Å². The molecule has 0 fully saturated rings. The molecule has 7 heteroatoms. The molecule has 0 saturated heterocycles. The van der Waals surface area contributed by atoms with Crippen molar-refractivity contribution in [2.45, 2.75) is 19.6 Å². The van der Waals surface area contributed by atoms with Crippen LogP contribution in [-0.2, 0) is 19.6 Å². The van der Waals surface area contributed by atoms with Crippen molar-refractivity contribution in [3.63, 3.8) is 0 Å². The van der Waals surface area contributed by atoms with Gasteiger partial charge in [-0.25, -0.2) is 4.68 Å². The number of fused-ring (bicyclic) bond motifs is 1. The van der Waals surface area contributed by atoms with Gasteiger partial charge in [0, 0.05) is 17.7 Å². The van der Waals surface area contributed by atoms with Crippen molar-refractivity contribution < 1.29 is 9.90 Å². The average molecular weight is 399 g/mol. The minimum Gasteiger partial charge on any atom is -0.394 e. The summed E-state index contributed by atoms with van der Waals surface area (Å²) in [6, 6.07) is 21.4. The minimum absolute atomic E-state index is 0.0171. The van der Waals surface area contributed by atoms with Crippen molar-refractivity contribution >= 4 is 5.91 Å². The summed E-state index contributed by atoms with van der Waals surface area (Å²) >= 11 is 0. The fourth-order valence-corrected chi connectivity index (χ4v) is 3.85. The number of amides is 1. The number of aliphatic hydroxyl groups is 1. The van der Waals surface area contributed by atoms with Crippen LogP contribution in [0.4, 0.5) is 0 Å². The van der Waals surface area contributed by atoms with Crippen molar-refractivity contribution in [1.82, 2.24) is 24.5 Å². The minimum atomic E-state index is -0.0831. The first-order valence-electron chi connectivity index (χ1n) is 9.89. The summed E-state index contributed by atoms with van der Waals surface area (Å²) in [4.78, 5) is 15.3. The number of rotatable bonds is 5. The molecule has 150 valence electrons. The predicted molar refractivity (Wildman–Crippen MR) is 112 cm³/mol. The van der Waals surface area contributed by atoms with Crippen LogP contribution in [0.3, 0.4) is 0 Å². The Morgan fingerprint density at radius 2 is 1.73 bits per heavy atom. The Labute approximate surface area is 173 Å². The van der Waals surface area contributed by atoms with Crippen molar-refractivity contribution in [2.75, 3.05) is 6.61 Å². The fourth-order valence-electron chi connectivity index (χ4n) is 3.85. The maximum absolute atomic E-state index is 13.5. The molecule has 2 aromatic carbocycles. The summed E-state index contributed by atoms with van der Waals surface area (Å²) in [5.41, 5.74) is 5.07. The monoisotopic (exact) mass is 399 g/mol. The largest absolute Gasteiger partial charge is 0.394 e. The van der Waals surface area contributed by atoms with Crippen LogP contribution >= 0.6 is 0 Å². The van der Waals surface area contributed by atoms with E-state index in [0.717, 1.165) is 28.2 Å². The molecular weight excluding hydrogens is 378 g/mol. The molecule has 1 amide bonds. The number of hydrogen-bond acceptors (Lipinski definition) is 4. The number of aromatic nitrogens is 4. The van der Waals surface area contributed by atoms with E-state index in [-0.39, 0.29) is 12.5 Å². The normalized spacial score (nSPS) is 12.9. The van der Waals surface area contributed by atoms with Crippen LogP contribution in [0.5, 0.6) is 0 Å². The van der Waals surface area contributed by atoms with Gasteiger partial charge in [0.2, 0.25) is 0 Å². The molecule has 2 aromatic heterocycles. The van der Waals surface area contributed by atoms with Crippen LogP contribution in [0.25, 0.3) is 16.9 Å². The first-order valence-corrected chi connectivity index (χ1v) is 9.89. The number of carbonyl (C=O) groups excluding carboxylic acids is 1. The van der Waals surface area contributed by atoms with Crippen LogP contribution < -0.4 is 0 Å². The maximum atomic E-state index is 13.5. The van der Waals surface area contributed by atoms with E-state index in [9.17, 15) is 9.90 Å². The lowest BCUT2D eigenvalue weighted by Crippen LogP contribution is -2.28. The second-order valence-electron chi connectivity index (χ2n) is 7.25. The van der Waals surface area contributed by atoms with Crippen LogP contribution in [0.2, 0.25) is 0 Å². The van der Waals surface area contributed by atoms with Crippen molar-refractivity contribution in [3.8, 4) is 16.9 Å². The molecule has 3 heterocycles. The zero-order valence-electron chi connectivity index (χ0n) is 16.3. The van der Waals surface area contributed by atoms with Crippen LogP contribution in [0, 0.1) is 0 Å². The van der Waals surface area contributed by atoms with Crippen molar-refractivity contribution in [1.29, 1.82) is 0 Å². The summed E-state index contributed by atoms with van der Waals surface area (Å²) in [6.45, 7) is 1.41. The zero-order valence-corrected chi connectivity index (χ0v) is 16.3. The maximum Gasteiger partial charge on any atom is 0.273 e. The molecule has 30 heavy (non-hydrogen) atoms. The lowest BCUT2D eigenvalue weighted by atomic mass is 10.1. The third-order valence-electron chi connectivity index (χ3n) is 5.33. The Hall–Kier alpha value is -3.71. The van der Waals surface area contributed by atoms with Gasteiger partial charge in [0.25, 0.3) is 5.91 Å². The average Bonchev–Trinajstić information content (AvgIpc) is 3.50. The van der Waals surface area contributed by atoms with E-state index in [1.165, 1.54) is 0 Å². The summed E-state index contributed by atoms with van der Waals surface area (Å²) in [5, 5.41) is 18.3. The lowest BCUT2D eigenvalue weighted by Gasteiger charge is -2.17. The standard InChI is InChI=1S/C23H21N5O2/c29-12-11-27-22-16-26(15-18(22)14-24-27)23(30)21-13-20(17-7-3-1-4-8-17)25-28(21)19-9-5-2-6-10-19/h1-10,13-14,29H,11-12,15-16H2. The van der Waals surface area contributed by atoms with Gasteiger partial charge in [0.05, 0.1) is 43.0 Å². The molecule has 0 spiro atoms. The van der Waals surface area contributed by atoms with Gasteiger partial charge in [-0.05, 0) is 18.2 Å². The van der Waals surface area contributed by atoms with Crippen molar-refractivity contribution in [3.05, 3.63) is 89.9 Å². The van der Waals surface area contributed by atoms with E-state index >= 15 is 0 Å². The summed E-state index contributed by atoms with van der Waals surface area (Å²) < 4.78 is 3.49. The quantitative estimate of drug-likeness (QED) is 0.560. The molecule has 0 aliphatic carbocycles. The topological polar surface area (TPSA) is 76.2 Å². The highest BCUT2D eigenvalue weighted by Crippen LogP contribution is 2.27. The number of para-hydroxylation sites is 1. The SMILES string of the molecule is O=C(c1cc(-c2ccccc2)nn1-c1ccccc1)N1Cc2cnn(CCO)c2C1. The Kier molecular flexibility index (Phi) is 4.65. The number of benzene rings is 2.